The van der Waals surface area contributed by atoms with Gasteiger partial charge in [-0.05, 0) is 37.8 Å². The number of hydrogen-bond acceptors (Lipinski definition) is 3. The maximum absolute atomic E-state index is 11.4. The molecule has 1 heterocycles. The van der Waals surface area contributed by atoms with Crippen molar-refractivity contribution in [2.24, 2.45) is 11.7 Å². The van der Waals surface area contributed by atoms with Crippen molar-refractivity contribution in [3.8, 4) is 0 Å². The van der Waals surface area contributed by atoms with Crippen LogP contribution in [-0.4, -0.2) is 43.0 Å². The van der Waals surface area contributed by atoms with Crippen LogP contribution in [0.4, 0.5) is 0 Å². The quantitative estimate of drug-likeness (QED) is 0.836. The molecule has 2 atom stereocenters. The van der Waals surface area contributed by atoms with E-state index in [4.69, 9.17) is 5.73 Å². The first-order valence-electron chi connectivity index (χ1n) is 7.44. The van der Waals surface area contributed by atoms with Crippen molar-refractivity contribution in [3.63, 3.8) is 0 Å². The number of amides is 1. The van der Waals surface area contributed by atoms with Gasteiger partial charge in [-0.15, -0.1) is 12.4 Å². The van der Waals surface area contributed by atoms with Gasteiger partial charge in [-0.1, -0.05) is 30.3 Å². The number of benzene rings is 1. The highest BCUT2D eigenvalue weighted by Gasteiger charge is 2.22. The van der Waals surface area contributed by atoms with Gasteiger partial charge in [0.15, 0.2) is 0 Å². The van der Waals surface area contributed by atoms with E-state index in [0.29, 0.717) is 5.92 Å². The second kappa shape index (κ2) is 9.03. The molecule has 4 nitrogen and oxygen atoms in total. The number of hydrogen-bond donors (Lipinski definition) is 2. The van der Waals surface area contributed by atoms with Crippen LogP contribution in [0.1, 0.15) is 18.9 Å². The first-order chi connectivity index (χ1) is 9.65. The third-order valence-corrected chi connectivity index (χ3v) is 3.91. The zero-order valence-electron chi connectivity index (χ0n) is 12.6. The largest absolute Gasteiger partial charge is 0.354 e. The molecule has 0 aliphatic carbocycles. The summed E-state index contributed by atoms with van der Waals surface area (Å²) in [6, 6.07) is 10.2. The summed E-state index contributed by atoms with van der Waals surface area (Å²) in [5, 5.41) is 2.93. The summed E-state index contributed by atoms with van der Waals surface area (Å²) >= 11 is 0. The average Bonchev–Trinajstić information content (AvgIpc) is 2.91. The van der Waals surface area contributed by atoms with Crippen LogP contribution in [0.15, 0.2) is 30.3 Å². The molecule has 2 unspecified atom stereocenters. The maximum Gasteiger partial charge on any atom is 0.236 e. The standard InChI is InChI=1S/C16H25N3O.ClH/c1-13(17)16(20)18-11-15-8-10-19(12-15)9-7-14-5-3-2-4-6-14;/h2-6,13,15H,7-12,17H2,1H3,(H,18,20);1H. The van der Waals surface area contributed by atoms with Crippen LogP contribution in [-0.2, 0) is 11.2 Å². The lowest BCUT2D eigenvalue weighted by Crippen LogP contribution is -2.40. The van der Waals surface area contributed by atoms with E-state index in [0.717, 1.165) is 39.0 Å². The van der Waals surface area contributed by atoms with Crippen molar-refractivity contribution in [2.75, 3.05) is 26.2 Å². The normalized spacial score (nSPS) is 19.8. The fourth-order valence-corrected chi connectivity index (χ4v) is 2.62. The Labute approximate surface area is 133 Å². The van der Waals surface area contributed by atoms with Crippen molar-refractivity contribution in [1.82, 2.24) is 10.2 Å². The van der Waals surface area contributed by atoms with E-state index in [1.165, 1.54) is 5.56 Å². The monoisotopic (exact) mass is 311 g/mol. The van der Waals surface area contributed by atoms with Gasteiger partial charge in [0.25, 0.3) is 0 Å². The lowest BCUT2D eigenvalue weighted by Gasteiger charge is -2.16. The third-order valence-electron chi connectivity index (χ3n) is 3.91. The van der Waals surface area contributed by atoms with E-state index >= 15 is 0 Å². The van der Waals surface area contributed by atoms with Crippen molar-refractivity contribution in [2.45, 2.75) is 25.8 Å². The van der Waals surface area contributed by atoms with Gasteiger partial charge in [0.05, 0.1) is 6.04 Å². The summed E-state index contributed by atoms with van der Waals surface area (Å²) in [5.74, 6) is 0.515. The first kappa shape index (κ1) is 18.0. The van der Waals surface area contributed by atoms with Crippen LogP contribution in [0.25, 0.3) is 0 Å². The van der Waals surface area contributed by atoms with Crippen LogP contribution >= 0.6 is 12.4 Å². The molecule has 1 fully saturated rings. The molecule has 21 heavy (non-hydrogen) atoms. The highest BCUT2D eigenvalue weighted by molar-refractivity contribution is 5.85. The SMILES string of the molecule is CC(N)C(=O)NCC1CCN(CCc2ccccc2)C1.Cl. The Bertz CT molecular complexity index is 425. The molecule has 5 heteroatoms. The first-order valence-corrected chi connectivity index (χ1v) is 7.44. The van der Waals surface area contributed by atoms with Gasteiger partial charge in [0, 0.05) is 19.6 Å². The van der Waals surface area contributed by atoms with Crippen LogP contribution in [0, 0.1) is 5.92 Å². The van der Waals surface area contributed by atoms with Gasteiger partial charge >= 0.3 is 0 Å². The number of carbonyl (C=O) groups excluding carboxylic acids is 1. The summed E-state index contributed by atoms with van der Waals surface area (Å²) in [7, 11) is 0. The predicted molar refractivity (Wildman–Crippen MR) is 88.6 cm³/mol. The minimum atomic E-state index is -0.411. The summed E-state index contributed by atoms with van der Waals surface area (Å²) in [4.78, 5) is 13.9. The van der Waals surface area contributed by atoms with E-state index in [2.05, 4.69) is 40.5 Å². The van der Waals surface area contributed by atoms with Crippen LogP contribution in [0.2, 0.25) is 0 Å². The molecule has 2 rings (SSSR count). The molecule has 1 saturated heterocycles. The second-order valence-electron chi connectivity index (χ2n) is 5.72. The zero-order valence-corrected chi connectivity index (χ0v) is 13.4. The molecule has 0 aromatic heterocycles. The molecule has 0 bridgehead atoms. The maximum atomic E-state index is 11.4. The van der Waals surface area contributed by atoms with E-state index in [1.807, 2.05) is 0 Å². The summed E-state index contributed by atoms with van der Waals surface area (Å²) in [6.45, 7) is 5.78. The Kier molecular flexibility index (Phi) is 7.72. The molecule has 1 aromatic rings. The number of nitrogens with two attached hydrogens (primary N) is 1. The van der Waals surface area contributed by atoms with Crippen LogP contribution < -0.4 is 11.1 Å². The number of rotatable bonds is 6. The lowest BCUT2D eigenvalue weighted by molar-refractivity contribution is -0.122. The molecule has 1 aliphatic rings. The van der Waals surface area contributed by atoms with Gasteiger partial charge < -0.3 is 16.0 Å². The molecular formula is C16H26ClN3O. The third kappa shape index (κ3) is 6.04. The highest BCUT2D eigenvalue weighted by atomic mass is 35.5. The summed E-state index contributed by atoms with van der Waals surface area (Å²) < 4.78 is 0. The summed E-state index contributed by atoms with van der Waals surface area (Å²) in [6.07, 6.45) is 2.26. The van der Waals surface area contributed by atoms with Gasteiger partial charge in [0.2, 0.25) is 5.91 Å². The average molecular weight is 312 g/mol. The highest BCUT2D eigenvalue weighted by Crippen LogP contribution is 2.15. The van der Waals surface area contributed by atoms with Crippen LogP contribution in [0.5, 0.6) is 0 Å². The van der Waals surface area contributed by atoms with E-state index in [-0.39, 0.29) is 18.3 Å². The van der Waals surface area contributed by atoms with Gasteiger partial charge in [0.1, 0.15) is 0 Å². The van der Waals surface area contributed by atoms with Crippen molar-refractivity contribution >= 4 is 18.3 Å². The summed E-state index contributed by atoms with van der Waals surface area (Å²) in [5.41, 5.74) is 6.93. The van der Waals surface area contributed by atoms with Crippen molar-refractivity contribution in [3.05, 3.63) is 35.9 Å². The Morgan fingerprint density at radius 3 is 2.81 bits per heavy atom. The number of nitrogens with one attached hydrogen (secondary N) is 1. The van der Waals surface area contributed by atoms with E-state index in [9.17, 15) is 4.79 Å². The van der Waals surface area contributed by atoms with Crippen molar-refractivity contribution in [1.29, 1.82) is 0 Å². The molecule has 1 aromatic carbocycles. The Morgan fingerprint density at radius 2 is 2.14 bits per heavy atom. The topological polar surface area (TPSA) is 58.4 Å². The predicted octanol–water partition coefficient (Wildman–Crippen LogP) is 1.44. The van der Waals surface area contributed by atoms with E-state index in [1.54, 1.807) is 6.92 Å². The Balaban J connectivity index is 0.00000220. The fraction of sp³-hybridized carbons (Fsp3) is 0.562. The van der Waals surface area contributed by atoms with Gasteiger partial charge in [-0.2, -0.15) is 0 Å². The fourth-order valence-electron chi connectivity index (χ4n) is 2.62. The Hall–Kier alpha value is -1.10. The molecule has 118 valence electrons. The minimum absolute atomic E-state index is 0. The van der Waals surface area contributed by atoms with Crippen molar-refractivity contribution < 1.29 is 4.79 Å². The second-order valence-corrected chi connectivity index (χ2v) is 5.72. The molecule has 0 saturated carbocycles. The van der Waals surface area contributed by atoms with E-state index < -0.39 is 6.04 Å². The van der Waals surface area contributed by atoms with Gasteiger partial charge in [-0.25, -0.2) is 0 Å². The number of carbonyl (C=O) groups is 1. The molecule has 3 N–H and O–H groups in total. The Morgan fingerprint density at radius 1 is 1.43 bits per heavy atom. The smallest absolute Gasteiger partial charge is 0.236 e. The number of likely N-dealkylation sites (tertiary alicyclic amines) is 1. The van der Waals surface area contributed by atoms with Crippen LogP contribution in [0.3, 0.4) is 0 Å². The lowest BCUT2D eigenvalue weighted by atomic mass is 10.1. The van der Waals surface area contributed by atoms with Gasteiger partial charge in [-0.3, -0.25) is 4.79 Å². The molecule has 1 aliphatic heterocycles. The molecule has 1 amide bonds. The molecule has 0 radical (unpaired) electrons. The minimum Gasteiger partial charge on any atom is -0.354 e. The molecule has 0 spiro atoms. The number of halogens is 1. The number of nitrogens with zero attached hydrogens (tertiary/aromatic N) is 1. The molecular weight excluding hydrogens is 286 g/mol. The zero-order chi connectivity index (χ0) is 14.4.